The lowest BCUT2D eigenvalue weighted by Gasteiger charge is -2.19. The fourth-order valence-corrected chi connectivity index (χ4v) is 2.88. The molecule has 0 atom stereocenters. The molecule has 5 nitrogen and oxygen atoms in total. The number of aromatic nitrogens is 1. The quantitative estimate of drug-likeness (QED) is 0.825. The van der Waals surface area contributed by atoms with Crippen molar-refractivity contribution in [3.8, 4) is 0 Å². The molecule has 0 fully saturated rings. The van der Waals surface area contributed by atoms with E-state index >= 15 is 0 Å². The van der Waals surface area contributed by atoms with Crippen LogP contribution in [0, 0.1) is 0 Å². The molecule has 0 spiro atoms. The van der Waals surface area contributed by atoms with Crippen molar-refractivity contribution in [2.75, 3.05) is 6.54 Å². The molecule has 0 unspecified atom stereocenters. The van der Waals surface area contributed by atoms with Gasteiger partial charge in [-0.1, -0.05) is 36.0 Å². The summed E-state index contributed by atoms with van der Waals surface area (Å²) in [6.07, 6.45) is 2.95. The molecule has 24 heavy (non-hydrogen) atoms. The number of benzene rings is 1. The van der Waals surface area contributed by atoms with E-state index in [0.717, 1.165) is 28.2 Å². The van der Waals surface area contributed by atoms with Crippen molar-refractivity contribution < 1.29 is 14.3 Å². The number of thioether (sulfide) groups is 1. The predicted molar refractivity (Wildman–Crippen MR) is 98.5 cm³/mol. The van der Waals surface area contributed by atoms with Gasteiger partial charge in [0, 0.05) is 23.9 Å². The highest BCUT2D eigenvalue weighted by Gasteiger charge is 2.20. The second-order valence-electron chi connectivity index (χ2n) is 6.27. The Morgan fingerprint density at radius 3 is 2.71 bits per heavy atom. The lowest BCUT2D eigenvalue weighted by Crippen LogP contribution is -2.26. The smallest absolute Gasteiger partial charge is 0.419 e. The molecule has 1 aromatic heterocycles. The molecule has 2 aromatic rings. The highest BCUT2D eigenvalue weighted by molar-refractivity contribution is 8.12. The van der Waals surface area contributed by atoms with Gasteiger partial charge in [-0.2, -0.15) is 0 Å². The van der Waals surface area contributed by atoms with Crippen LogP contribution in [0.3, 0.4) is 0 Å². The predicted octanol–water partition coefficient (Wildman–Crippen LogP) is 4.55. The summed E-state index contributed by atoms with van der Waals surface area (Å²) in [6, 6.07) is 7.59. The van der Waals surface area contributed by atoms with Crippen molar-refractivity contribution >= 4 is 34.0 Å². The van der Waals surface area contributed by atoms with Gasteiger partial charge in [-0.25, -0.2) is 4.79 Å². The molecule has 0 aliphatic heterocycles. The Morgan fingerprint density at radius 1 is 1.33 bits per heavy atom. The Hall–Kier alpha value is -2.21. The van der Waals surface area contributed by atoms with Gasteiger partial charge < -0.3 is 10.1 Å². The van der Waals surface area contributed by atoms with Crippen molar-refractivity contribution in [1.82, 2.24) is 9.88 Å². The topological polar surface area (TPSA) is 60.3 Å². The normalized spacial score (nSPS) is 11.3. The van der Waals surface area contributed by atoms with Crippen LogP contribution < -0.4 is 5.32 Å². The molecule has 0 aliphatic rings. The number of amides is 1. The molecule has 1 amide bonds. The summed E-state index contributed by atoms with van der Waals surface area (Å²) in [6.45, 7) is 9.49. The third-order valence-electron chi connectivity index (χ3n) is 3.13. The van der Waals surface area contributed by atoms with Gasteiger partial charge in [-0.05, 0) is 32.4 Å². The van der Waals surface area contributed by atoms with E-state index in [1.807, 2.05) is 45.0 Å². The first kappa shape index (κ1) is 18.1. The zero-order valence-corrected chi connectivity index (χ0v) is 15.0. The number of hydrogen-bond acceptors (Lipinski definition) is 4. The number of fused-ring (bicyclic) bond motifs is 1. The number of nitrogens with one attached hydrogen (secondary N) is 1. The molecule has 0 aliphatic carbocycles. The van der Waals surface area contributed by atoms with Gasteiger partial charge in [-0.15, -0.1) is 6.58 Å². The molecule has 1 aromatic carbocycles. The zero-order chi connectivity index (χ0) is 17.7. The first-order valence-corrected chi connectivity index (χ1v) is 8.64. The van der Waals surface area contributed by atoms with Crippen molar-refractivity contribution in [2.24, 2.45) is 0 Å². The van der Waals surface area contributed by atoms with Gasteiger partial charge in [0.15, 0.2) is 0 Å². The molecule has 1 heterocycles. The average Bonchev–Trinajstić information content (AvgIpc) is 2.88. The van der Waals surface area contributed by atoms with E-state index in [0.29, 0.717) is 12.3 Å². The van der Waals surface area contributed by atoms with Crippen LogP contribution in [0.1, 0.15) is 26.3 Å². The van der Waals surface area contributed by atoms with Crippen molar-refractivity contribution in [3.63, 3.8) is 0 Å². The van der Waals surface area contributed by atoms with E-state index < -0.39 is 11.7 Å². The van der Waals surface area contributed by atoms with Crippen LogP contribution in [-0.4, -0.2) is 28.0 Å². The lowest BCUT2D eigenvalue weighted by molar-refractivity contribution is 0.0544. The molecule has 0 bridgehead atoms. The van der Waals surface area contributed by atoms with Gasteiger partial charge in [-0.3, -0.25) is 9.36 Å². The lowest BCUT2D eigenvalue weighted by atomic mass is 10.2. The molecule has 0 saturated heterocycles. The van der Waals surface area contributed by atoms with Crippen molar-refractivity contribution in [2.45, 2.75) is 32.1 Å². The first-order chi connectivity index (χ1) is 11.3. The van der Waals surface area contributed by atoms with E-state index in [1.54, 1.807) is 12.3 Å². The van der Waals surface area contributed by atoms with Gasteiger partial charge in [0.1, 0.15) is 5.60 Å². The highest BCUT2D eigenvalue weighted by Crippen LogP contribution is 2.26. The highest BCUT2D eigenvalue weighted by atomic mass is 32.2. The number of carbonyl (C=O) groups is 2. The maximum atomic E-state index is 12.4. The Kier molecular flexibility index (Phi) is 5.72. The number of rotatable bonds is 4. The summed E-state index contributed by atoms with van der Waals surface area (Å²) in [5, 5.41) is 3.53. The molecule has 128 valence electrons. The van der Waals surface area contributed by atoms with Gasteiger partial charge >= 0.3 is 6.09 Å². The fourth-order valence-electron chi connectivity index (χ4n) is 2.18. The maximum Gasteiger partial charge on any atom is 0.419 e. The molecular weight excluding hydrogens is 324 g/mol. The minimum absolute atomic E-state index is 0.121. The number of para-hydroxylation sites is 1. The molecule has 0 radical (unpaired) electrons. The molecule has 6 heteroatoms. The van der Waals surface area contributed by atoms with E-state index in [-0.39, 0.29) is 5.24 Å². The molecule has 2 rings (SSSR count). The van der Waals surface area contributed by atoms with Gasteiger partial charge in [0.25, 0.3) is 5.24 Å². The van der Waals surface area contributed by atoms with Crippen LogP contribution in [-0.2, 0) is 10.5 Å². The monoisotopic (exact) mass is 346 g/mol. The zero-order valence-electron chi connectivity index (χ0n) is 14.2. The minimum atomic E-state index is -0.568. The number of nitrogens with zero attached hydrogens (tertiary/aromatic N) is 1. The summed E-state index contributed by atoms with van der Waals surface area (Å²) in [7, 11) is 0. The average molecular weight is 346 g/mol. The van der Waals surface area contributed by atoms with E-state index in [2.05, 4.69) is 11.9 Å². The Bertz CT molecular complexity index is 759. The summed E-state index contributed by atoms with van der Waals surface area (Å²) in [5.41, 5.74) is 1.12. The SMILES string of the molecule is C=CCNC(=O)SCc1cn(C(=O)OC(C)(C)C)c2ccccc12. The van der Waals surface area contributed by atoms with Crippen molar-refractivity contribution in [1.29, 1.82) is 0 Å². The standard InChI is InChI=1S/C18H22N2O3S/c1-5-10-19-16(21)24-12-13-11-20(17(22)23-18(2,3)4)15-9-7-6-8-14(13)15/h5-9,11H,1,10,12H2,2-4H3,(H,19,21). The fraction of sp³-hybridized carbons (Fsp3) is 0.333. The maximum absolute atomic E-state index is 12.4. The largest absolute Gasteiger partial charge is 0.443 e. The van der Waals surface area contributed by atoms with E-state index in [4.69, 9.17) is 4.74 Å². The summed E-state index contributed by atoms with van der Waals surface area (Å²) in [4.78, 5) is 24.2. The second kappa shape index (κ2) is 7.57. The number of carbonyl (C=O) groups excluding carboxylic acids is 2. The Morgan fingerprint density at radius 2 is 2.04 bits per heavy atom. The van der Waals surface area contributed by atoms with Crippen LogP contribution in [0.4, 0.5) is 9.59 Å². The first-order valence-electron chi connectivity index (χ1n) is 7.65. The summed E-state index contributed by atoms with van der Waals surface area (Å²) in [5.74, 6) is 0.472. The summed E-state index contributed by atoms with van der Waals surface area (Å²) < 4.78 is 6.95. The van der Waals surface area contributed by atoms with Crippen molar-refractivity contribution in [3.05, 3.63) is 48.7 Å². The molecular formula is C18H22N2O3S. The van der Waals surface area contributed by atoms with Crippen LogP contribution in [0.15, 0.2) is 43.1 Å². The van der Waals surface area contributed by atoms with Crippen LogP contribution in [0.2, 0.25) is 0 Å². The number of ether oxygens (including phenoxy) is 1. The third kappa shape index (κ3) is 4.64. The van der Waals surface area contributed by atoms with Crippen LogP contribution in [0.25, 0.3) is 10.9 Å². The van der Waals surface area contributed by atoms with Gasteiger partial charge in [0.2, 0.25) is 0 Å². The minimum Gasteiger partial charge on any atom is -0.443 e. The second-order valence-corrected chi connectivity index (χ2v) is 7.22. The van der Waals surface area contributed by atoms with E-state index in [1.165, 1.54) is 4.57 Å². The van der Waals surface area contributed by atoms with Crippen LogP contribution in [0.5, 0.6) is 0 Å². The van der Waals surface area contributed by atoms with Crippen LogP contribution >= 0.6 is 11.8 Å². The Labute approximate surface area is 146 Å². The van der Waals surface area contributed by atoms with Gasteiger partial charge in [0.05, 0.1) is 5.52 Å². The Balaban J connectivity index is 2.24. The molecule has 0 saturated carbocycles. The van der Waals surface area contributed by atoms with E-state index in [9.17, 15) is 9.59 Å². The summed E-state index contributed by atoms with van der Waals surface area (Å²) >= 11 is 1.16. The third-order valence-corrected chi connectivity index (χ3v) is 4.00. The molecule has 1 N–H and O–H groups in total. The number of hydrogen-bond donors (Lipinski definition) is 1.